The molecule has 6 aromatic rings. The first-order valence-corrected chi connectivity index (χ1v) is 18.4. The van der Waals surface area contributed by atoms with Crippen molar-refractivity contribution in [3.63, 3.8) is 0 Å². The Kier molecular flexibility index (Phi) is 9.94. The summed E-state index contributed by atoms with van der Waals surface area (Å²) in [6, 6.07) is 39.0. The van der Waals surface area contributed by atoms with Gasteiger partial charge in [0.25, 0.3) is 11.1 Å². The van der Waals surface area contributed by atoms with E-state index in [4.69, 9.17) is 18.9 Å². The molecule has 11 heteroatoms. The number of esters is 2. The lowest BCUT2D eigenvalue weighted by Crippen LogP contribution is -2.38. The molecule has 10 nitrogen and oxygen atoms in total. The first kappa shape index (κ1) is 35.2. The molecule has 3 heterocycles. The number of aromatic nitrogens is 1. The van der Waals surface area contributed by atoms with E-state index in [1.807, 2.05) is 91.0 Å². The minimum absolute atomic E-state index is 0.0545. The maximum absolute atomic E-state index is 13.3. The molecule has 2 aliphatic heterocycles. The number of nitrogens with one attached hydrogen (secondary N) is 1. The van der Waals surface area contributed by atoms with Crippen LogP contribution in [0.3, 0.4) is 0 Å². The average Bonchev–Trinajstić information content (AvgIpc) is 3.77. The maximum atomic E-state index is 13.3. The molecule has 1 fully saturated rings. The van der Waals surface area contributed by atoms with Crippen LogP contribution >= 0.6 is 11.8 Å². The predicted octanol–water partition coefficient (Wildman–Crippen LogP) is 8.65. The Bertz CT molecular complexity index is 2270. The number of ether oxygens (including phenoxy) is 3. The number of carbonyl (C=O) groups is 3. The number of carbonyl (C=O) groups excluding carboxylic acids is 3. The lowest BCUT2D eigenvalue weighted by Gasteiger charge is -2.41. The number of amides is 1. The third-order valence-corrected chi connectivity index (χ3v) is 10.4. The van der Waals surface area contributed by atoms with E-state index in [0.717, 1.165) is 27.9 Å². The van der Waals surface area contributed by atoms with Gasteiger partial charge in [-0.05, 0) is 41.5 Å². The number of nitrogens with zero attached hydrogens (tertiary/aromatic N) is 1. The number of cyclic esters (lactones) is 2. The Hall–Kier alpha value is -5.85. The first-order chi connectivity index (χ1) is 26.3. The third kappa shape index (κ3) is 7.22. The number of anilines is 1. The fraction of sp³-hybridized carbons (Fsp3) is 0.163. The van der Waals surface area contributed by atoms with Gasteiger partial charge in [0.2, 0.25) is 0 Å². The molecule has 0 aliphatic carbocycles. The van der Waals surface area contributed by atoms with E-state index in [0.29, 0.717) is 28.0 Å². The lowest BCUT2D eigenvalue weighted by molar-refractivity contribution is -0.268. The molecule has 0 bridgehead atoms. The molecular weight excluding hydrogens is 705 g/mol. The highest BCUT2D eigenvalue weighted by atomic mass is 32.2. The van der Waals surface area contributed by atoms with E-state index in [1.165, 1.54) is 30.0 Å². The van der Waals surface area contributed by atoms with E-state index in [9.17, 15) is 19.5 Å². The second-order valence-electron chi connectivity index (χ2n) is 13.0. The summed E-state index contributed by atoms with van der Waals surface area (Å²) in [5.41, 5.74) is 5.93. The summed E-state index contributed by atoms with van der Waals surface area (Å²) in [7, 11) is 0. The fourth-order valence-electron chi connectivity index (χ4n) is 6.60. The van der Waals surface area contributed by atoms with Crippen molar-refractivity contribution in [3.8, 4) is 22.6 Å². The van der Waals surface area contributed by atoms with Crippen LogP contribution in [0, 0.1) is 5.92 Å². The molecule has 0 radical (unpaired) electrons. The molecule has 270 valence electrons. The van der Waals surface area contributed by atoms with Gasteiger partial charge in [-0.3, -0.25) is 4.79 Å². The quantitative estimate of drug-likeness (QED) is 0.0798. The number of aliphatic hydroxyl groups excluding tert-OH is 1. The number of rotatable bonds is 10. The molecule has 1 saturated heterocycles. The first-order valence-electron chi connectivity index (χ1n) is 17.4. The molecule has 0 spiro atoms. The van der Waals surface area contributed by atoms with Crippen LogP contribution in [0.4, 0.5) is 5.69 Å². The zero-order valence-electron chi connectivity index (χ0n) is 29.0. The van der Waals surface area contributed by atoms with Crippen molar-refractivity contribution in [2.45, 2.75) is 37.3 Å². The zero-order valence-corrected chi connectivity index (χ0v) is 29.8. The van der Waals surface area contributed by atoms with Crippen LogP contribution in [0.1, 0.15) is 67.1 Å². The Morgan fingerprint density at radius 3 is 2.24 bits per heavy atom. The summed E-state index contributed by atoms with van der Waals surface area (Å²) in [6.45, 7) is 2.02. The van der Waals surface area contributed by atoms with Crippen LogP contribution in [-0.4, -0.2) is 39.8 Å². The smallest absolute Gasteiger partial charge is 0.346 e. The van der Waals surface area contributed by atoms with Crippen LogP contribution in [0.2, 0.25) is 0 Å². The Labute approximate surface area is 315 Å². The standard InChI is InChI=1S/C43H34N2O8S/c1-25-35(24-54-43-45-36(27-9-4-2-5-10-27)38(52-43)28-11-6-3-7-12-28)50-42(51-37(25)29-17-15-26(23-46)16-18-29)31-13-8-14-32(21-31)44-39(47)30-19-20-33-34(22-30)41(49)53-40(33)48/h2-22,25,35,37,42,46H,23-24H2,1H3,(H,44,47)/t25-,35+,37+,42?/m0/s1. The number of hydrogen-bond acceptors (Lipinski definition) is 10. The second-order valence-corrected chi connectivity index (χ2v) is 14.0. The molecular formula is C43H34N2O8S. The van der Waals surface area contributed by atoms with Gasteiger partial charge < -0.3 is 29.1 Å². The van der Waals surface area contributed by atoms with E-state index < -0.39 is 24.1 Å². The topological polar surface area (TPSA) is 137 Å². The summed E-state index contributed by atoms with van der Waals surface area (Å²) in [5.74, 6) is -0.867. The number of oxazole rings is 1. The van der Waals surface area contributed by atoms with Crippen LogP contribution < -0.4 is 5.32 Å². The maximum Gasteiger partial charge on any atom is 0.346 e. The van der Waals surface area contributed by atoms with Crippen LogP contribution in [0.25, 0.3) is 22.6 Å². The molecule has 1 aromatic heterocycles. The van der Waals surface area contributed by atoms with Crippen LogP contribution in [-0.2, 0) is 20.8 Å². The monoisotopic (exact) mass is 738 g/mol. The van der Waals surface area contributed by atoms with E-state index >= 15 is 0 Å². The van der Waals surface area contributed by atoms with Gasteiger partial charge in [0.15, 0.2) is 12.1 Å². The van der Waals surface area contributed by atoms with Crippen molar-refractivity contribution < 1.29 is 38.1 Å². The van der Waals surface area contributed by atoms with Crippen molar-refractivity contribution in [1.82, 2.24) is 4.98 Å². The van der Waals surface area contributed by atoms with E-state index in [1.54, 1.807) is 18.2 Å². The van der Waals surface area contributed by atoms with E-state index in [2.05, 4.69) is 17.0 Å². The van der Waals surface area contributed by atoms with Crippen molar-refractivity contribution in [2.75, 3.05) is 11.1 Å². The summed E-state index contributed by atoms with van der Waals surface area (Å²) in [4.78, 5) is 42.1. The number of benzene rings is 5. The fourth-order valence-corrected chi connectivity index (χ4v) is 7.58. The van der Waals surface area contributed by atoms with E-state index in [-0.39, 0.29) is 41.4 Å². The van der Waals surface area contributed by atoms with Crippen molar-refractivity contribution in [3.05, 3.63) is 161 Å². The SMILES string of the molecule is C[C@H]1[C@@H](CSc2nc(-c3ccccc3)c(-c3ccccc3)o2)OC(c2cccc(NC(=O)c3ccc4c(c3)C(=O)OC4=O)c2)O[C@H]1c1ccc(CO)cc1. The Balaban J connectivity index is 1.05. The third-order valence-electron chi connectivity index (χ3n) is 9.51. The van der Waals surface area contributed by atoms with Gasteiger partial charge in [-0.1, -0.05) is 116 Å². The largest absolute Gasteiger partial charge is 0.431 e. The number of hydrogen-bond donors (Lipinski definition) is 2. The Morgan fingerprint density at radius 1 is 0.778 bits per heavy atom. The highest BCUT2D eigenvalue weighted by Gasteiger charge is 2.39. The summed E-state index contributed by atoms with van der Waals surface area (Å²) < 4.78 is 24.4. The van der Waals surface area contributed by atoms with Gasteiger partial charge in [0, 0.05) is 39.6 Å². The van der Waals surface area contributed by atoms with Crippen LogP contribution in [0.15, 0.2) is 137 Å². The molecule has 4 atom stereocenters. The van der Waals surface area contributed by atoms with Crippen molar-refractivity contribution >= 4 is 35.3 Å². The molecule has 0 saturated carbocycles. The number of thioether (sulfide) groups is 1. The summed E-state index contributed by atoms with van der Waals surface area (Å²) >= 11 is 1.47. The minimum Gasteiger partial charge on any atom is -0.431 e. The van der Waals surface area contributed by atoms with Crippen LogP contribution in [0.5, 0.6) is 0 Å². The molecule has 8 rings (SSSR count). The minimum atomic E-state index is -0.795. The second kappa shape index (κ2) is 15.2. The number of fused-ring (bicyclic) bond motifs is 1. The number of aliphatic hydroxyl groups is 1. The summed E-state index contributed by atoms with van der Waals surface area (Å²) in [6.07, 6.45) is -1.47. The average molecular weight is 739 g/mol. The zero-order chi connectivity index (χ0) is 37.2. The predicted molar refractivity (Wildman–Crippen MR) is 202 cm³/mol. The van der Waals surface area contributed by atoms with Gasteiger partial charge in [-0.25, -0.2) is 14.6 Å². The lowest BCUT2D eigenvalue weighted by atomic mass is 9.91. The Morgan fingerprint density at radius 2 is 1.50 bits per heavy atom. The molecule has 1 amide bonds. The molecule has 2 aliphatic rings. The molecule has 1 unspecified atom stereocenters. The molecule has 54 heavy (non-hydrogen) atoms. The molecule has 5 aromatic carbocycles. The molecule has 2 N–H and O–H groups in total. The van der Waals surface area contributed by atoms with Gasteiger partial charge >= 0.3 is 11.9 Å². The van der Waals surface area contributed by atoms with Crippen molar-refractivity contribution in [2.24, 2.45) is 5.92 Å². The van der Waals surface area contributed by atoms with Gasteiger partial charge in [0.1, 0.15) is 5.69 Å². The highest BCUT2D eigenvalue weighted by Crippen LogP contribution is 2.44. The van der Waals surface area contributed by atoms with Crippen molar-refractivity contribution in [1.29, 1.82) is 0 Å². The van der Waals surface area contributed by atoms with Gasteiger partial charge in [0.05, 0.1) is 29.9 Å². The van der Waals surface area contributed by atoms with Gasteiger partial charge in [-0.2, -0.15) is 0 Å². The normalized spacial score (nSPS) is 19.3. The van der Waals surface area contributed by atoms with Gasteiger partial charge in [-0.15, -0.1) is 0 Å². The highest BCUT2D eigenvalue weighted by molar-refractivity contribution is 7.99. The summed E-state index contributed by atoms with van der Waals surface area (Å²) in [5, 5.41) is 13.1.